The number of methoxy groups -OCH3 is 1. The normalized spacial score (nSPS) is 10.6. The van der Waals surface area contributed by atoms with E-state index in [1.807, 2.05) is 36.4 Å². The molecule has 0 fully saturated rings. The van der Waals surface area contributed by atoms with Gasteiger partial charge in [0.25, 0.3) is 0 Å². The van der Waals surface area contributed by atoms with Gasteiger partial charge in [-0.3, -0.25) is 0 Å². The summed E-state index contributed by atoms with van der Waals surface area (Å²) in [5.41, 5.74) is 1.11. The lowest BCUT2D eigenvalue weighted by Crippen LogP contribution is -2.03. The zero-order valence-corrected chi connectivity index (χ0v) is 13.5. The predicted octanol–water partition coefficient (Wildman–Crippen LogP) is 4.25. The standard InChI is InChI=1S/C17H15BrO4/c1-21-14-6-2-4-12(10-14)5-3-9-22-16-8-7-13(18)11-15(16)17(19)20/h2-8,10-11H,9H2,1H3,(H,19,20). The highest BCUT2D eigenvalue weighted by Gasteiger charge is 2.11. The molecule has 2 aromatic carbocycles. The van der Waals surface area contributed by atoms with Crippen molar-refractivity contribution in [1.82, 2.24) is 0 Å². The molecule has 0 saturated carbocycles. The van der Waals surface area contributed by atoms with E-state index in [9.17, 15) is 4.79 Å². The topological polar surface area (TPSA) is 55.8 Å². The highest BCUT2D eigenvalue weighted by molar-refractivity contribution is 9.10. The number of halogens is 1. The van der Waals surface area contributed by atoms with E-state index in [4.69, 9.17) is 14.6 Å². The van der Waals surface area contributed by atoms with E-state index in [-0.39, 0.29) is 12.2 Å². The number of hydrogen-bond acceptors (Lipinski definition) is 3. The Morgan fingerprint density at radius 3 is 2.82 bits per heavy atom. The summed E-state index contributed by atoms with van der Waals surface area (Å²) in [4.78, 5) is 11.2. The van der Waals surface area contributed by atoms with Crippen LogP contribution in [0.3, 0.4) is 0 Å². The average Bonchev–Trinajstić information content (AvgIpc) is 2.52. The van der Waals surface area contributed by atoms with Crippen molar-refractivity contribution in [1.29, 1.82) is 0 Å². The number of carbonyl (C=O) groups is 1. The molecule has 5 heteroatoms. The van der Waals surface area contributed by atoms with Gasteiger partial charge in [-0.15, -0.1) is 0 Å². The number of rotatable bonds is 6. The molecule has 1 N–H and O–H groups in total. The van der Waals surface area contributed by atoms with Crippen molar-refractivity contribution >= 4 is 28.0 Å². The first-order chi connectivity index (χ1) is 10.6. The maximum Gasteiger partial charge on any atom is 0.339 e. The van der Waals surface area contributed by atoms with Gasteiger partial charge < -0.3 is 14.6 Å². The Balaban J connectivity index is 2.01. The predicted molar refractivity (Wildman–Crippen MR) is 88.6 cm³/mol. The summed E-state index contributed by atoms with van der Waals surface area (Å²) in [7, 11) is 1.62. The third-order valence-electron chi connectivity index (χ3n) is 2.91. The van der Waals surface area contributed by atoms with Gasteiger partial charge in [0.05, 0.1) is 7.11 Å². The minimum Gasteiger partial charge on any atom is -0.497 e. The van der Waals surface area contributed by atoms with Crippen molar-refractivity contribution in [3.8, 4) is 11.5 Å². The van der Waals surface area contributed by atoms with Crippen LogP contribution in [-0.2, 0) is 0 Å². The SMILES string of the molecule is COc1cccc(C=CCOc2ccc(Br)cc2C(=O)O)c1. The average molecular weight is 363 g/mol. The molecule has 114 valence electrons. The lowest BCUT2D eigenvalue weighted by molar-refractivity contribution is 0.0692. The van der Waals surface area contributed by atoms with Gasteiger partial charge in [-0.05, 0) is 42.0 Å². The van der Waals surface area contributed by atoms with Gasteiger partial charge in [0.2, 0.25) is 0 Å². The Labute approximate surface area is 137 Å². The van der Waals surface area contributed by atoms with Crippen LogP contribution in [0.15, 0.2) is 53.0 Å². The summed E-state index contributed by atoms with van der Waals surface area (Å²) in [5.74, 6) is 0.100. The molecule has 0 heterocycles. The minimum absolute atomic E-state index is 0.129. The van der Waals surface area contributed by atoms with Gasteiger partial charge in [0.1, 0.15) is 23.7 Å². The van der Waals surface area contributed by atoms with Crippen LogP contribution in [0, 0.1) is 0 Å². The van der Waals surface area contributed by atoms with Crippen molar-refractivity contribution in [3.63, 3.8) is 0 Å². The van der Waals surface area contributed by atoms with E-state index >= 15 is 0 Å². The number of aromatic carboxylic acids is 1. The molecule has 0 aliphatic rings. The van der Waals surface area contributed by atoms with Crippen LogP contribution in [0.4, 0.5) is 0 Å². The smallest absolute Gasteiger partial charge is 0.339 e. The molecular weight excluding hydrogens is 348 g/mol. The molecule has 2 rings (SSSR count). The lowest BCUT2D eigenvalue weighted by atomic mass is 10.2. The monoisotopic (exact) mass is 362 g/mol. The fraction of sp³-hybridized carbons (Fsp3) is 0.118. The zero-order chi connectivity index (χ0) is 15.9. The molecule has 0 aliphatic carbocycles. The van der Waals surface area contributed by atoms with Gasteiger partial charge >= 0.3 is 5.97 Å². The number of benzene rings is 2. The first kappa shape index (κ1) is 16.1. The summed E-state index contributed by atoms with van der Waals surface area (Å²) in [6.07, 6.45) is 3.71. The van der Waals surface area contributed by atoms with Crippen LogP contribution in [0.2, 0.25) is 0 Å². The van der Waals surface area contributed by atoms with Gasteiger partial charge in [-0.2, -0.15) is 0 Å². The van der Waals surface area contributed by atoms with E-state index in [1.54, 1.807) is 19.2 Å². The molecule has 0 aliphatic heterocycles. The molecule has 0 aromatic heterocycles. The van der Waals surface area contributed by atoms with Crippen LogP contribution < -0.4 is 9.47 Å². The first-order valence-electron chi connectivity index (χ1n) is 6.56. The largest absolute Gasteiger partial charge is 0.497 e. The van der Waals surface area contributed by atoms with Gasteiger partial charge in [0.15, 0.2) is 0 Å². The third-order valence-corrected chi connectivity index (χ3v) is 3.40. The molecule has 0 spiro atoms. The molecule has 0 bridgehead atoms. The Hall–Kier alpha value is -2.27. The fourth-order valence-electron chi connectivity index (χ4n) is 1.86. The molecule has 0 unspecified atom stereocenters. The van der Waals surface area contributed by atoms with Crippen LogP contribution in [-0.4, -0.2) is 24.8 Å². The maximum absolute atomic E-state index is 11.2. The third kappa shape index (κ3) is 4.36. The summed E-state index contributed by atoms with van der Waals surface area (Å²) < 4.78 is 11.4. The van der Waals surface area contributed by atoms with E-state index in [1.165, 1.54) is 6.07 Å². The van der Waals surface area contributed by atoms with Crippen molar-refractivity contribution in [2.75, 3.05) is 13.7 Å². The van der Waals surface area contributed by atoms with Gasteiger partial charge in [-0.25, -0.2) is 4.79 Å². The van der Waals surface area contributed by atoms with Gasteiger partial charge in [-0.1, -0.05) is 34.1 Å². The van der Waals surface area contributed by atoms with Crippen molar-refractivity contribution in [2.24, 2.45) is 0 Å². The second-order valence-electron chi connectivity index (χ2n) is 4.44. The van der Waals surface area contributed by atoms with Crippen molar-refractivity contribution in [2.45, 2.75) is 0 Å². The molecule has 0 saturated heterocycles. The van der Waals surface area contributed by atoms with E-state index in [0.29, 0.717) is 10.2 Å². The highest BCUT2D eigenvalue weighted by Crippen LogP contribution is 2.23. The van der Waals surface area contributed by atoms with Crippen LogP contribution in [0.25, 0.3) is 6.08 Å². The Morgan fingerprint density at radius 2 is 2.09 bits per heavy atom. The molecule has 2 aromatic rings. The van der Waals surface area contributed by atoms with Gasteiger partial charge in [0, 0.05) is 4.47 Å². The van der Waals surface area contributed by atoms with Crippen molar-refractivity contribution in [3.05, 3.63) is 64.1 Å². The number of ether oxygens (including phenoxy) is 2. The number of carboxylic acids is 1. The molecular formula is C17H15BrO4. The number of hydrogen-bond donors (Lipinski definition) is 1. The second-order valence-corrected chi connectivity index (χ2v) is 5.35. The number of carboxylic acid groups (broad SMARTS) is 1. The van der Waals surface area contributed by atoms with Crippen LogP contribution in [0.5, 0.6) is 11.5 Å². The highest BCUT2D eigenvalue weighted by atomic mass is 79.9. The molecule has 22 heavy (non-hydrogen) atoms. The fourth-order valence-corrected chi connectivity index (χ4v) is 2.22. The molecule has 0 radical (unpaired) electrons. The minimum atomic E-state index is -1.02. The second kappa shape index (κ2) is 7.66. The lowest BCUT2D eigenvalue weighted by Gasteiger charge is -2.07. The molecule has 4 nitrogen and oxygen atoms in total. The quantitative estimate of drug-likeness (QED) is 0.834. The summed E-state index contributed by atoms with van der Waals surface area (Å²) in [5, 5.41) is 9.15. The summed E-state index contributed by atoms with van der Waals surface area (Å²) in [6.45, 7) is 0.277. The Morgan fingerprint density at radius 1 is 1.27 bits per heavy atom. The van der Waals surface area contributed by atoms with Crippen molar-refractivity contribution < 1.29 is 19.4 Å². The summed E-state index contributed by atoms with van der Waals surface area (Å²) in [6, 6.07) is 12.5. The Bertz CT molecular complexity index is 695. The zero-order valence-electron chi connectivity index (χ0n) is 12.0. The Kier molecular flexibility index (Phi) is 5.61. The maximum atomic E-state index is 11.2. The molecule has 0 atom stereocenters. The first-order valence-corrected chi connectivity index (χ1v) is 7.35. The summed E-state index contributed by atoms with van der Waals surface area (Å²) >= 11 is 3.25. The van der Waals surface area contributed by atoms with Crippen LogP contribution in [0.1, 0.15) is 15.9 Å². The molecule has 0 amide bonds. The van der Waals surface area contributed by atoms with E-state index in [2.05, 4.69) is 15.9 Å². The van der Waals surface area contributed by atoms with E-state index in [0.717, 1.165) is 11.3 Å². The van der Waals surface area contributed by atoms with E-state index < -0.39 is 5.97 Å². The van der Waals surface area contributed by atoms with Crippen LogP contribution >= 0.6 is 15.9 Å².